The van der Waals surface area contributed by atoms with Gasteiger partial charge in [-0.25, -0.2) is 9.59 Å². The van der Waals surface area contributed by atoms with Crippen LogP contribution in [0, 0.1) is 0 Å². The van der Waals surface area contributed by atoms with Gasteiger partial charge >= 0.3 is 11.9 Å². The summed E-state index contributed by atoms with van der Waals surface area (Å²) in [6.07, 6.45) is 7.45. The first-order valence-electron chi connectivity index (χ1n) is 9.55. The van der Waals surface area contributed by atoms with Crippen molar-refractivity contribution in [2.75, 3.05) is 0 Å². The van der Waals surface area contributed by atoms with Gasteiger partial charge < -0.3 is 10.2 Å². The molecule has 0 atom stereocenters. The first kappa shape index (κ1) is 20.0. The number of aryl methyl sites for hydroxylation is 1. The zero-order valence-corrected chi connectivity index (χ0v) is 15.7. The van der Waals surface area contributed by atoms with Gasteiger partial charge in [0, 0.05) is 0 Å². The number of carboxylic acids is 2. The monoisotopic (exact) mass is 356 g/mol. The van der Waals surface area contributed by atoms with Crippen molar-refractivity contribution in [3.8, 4) is 0 Å². The molecule has 2 aromatic rings. The highest BCUT2D eigenvalue weighted by Crippen LogP contribution is 2.33. The fourth-order valence-electron chi connectivity index (χ4n) is 3.69. The number of unbranched alkanes of at least 4 members (excludes halogenated alkanes) is 4. The Morgan fingerprint density at radius 1 is 0.731 bits per heavy atom. The Morgan fingerprint density at radius 2 is 1.23 bits per heavy atom. The summed E-state index contributed by atoms with van der Waals surface area (Å²) < 4.78 is 0. The number of carbonyl (C=O) groups is 2. The van der Waals surface area contributed by atoms with E-state index in [9.17, 15) is 19.8 Å². The van der Waals surface area contributed by atoms with Crippen molar-refractivity contribution in [2.45, 2.75) is 65.2 Å². The first-order valence-corrected chi connectivity index (χ1v) is 9.55. The molecule has 0 heterocycles. The van der Waals surface area contributed by atoms with Crippen LogP contribution in [0.2, 0.25) is 0 Å². The van der Waals surface area contributed by atoms with E-state index >= 15 is 0 Å². The van der Waals surface area contributed by atoms with Crippen LogP contribution in [0.1, 0.15) is 84.2 Å². The van der Waals surface area contributed by atoms with E-state index in [1.165, 1.54) is 0 Å². The lowest BCUT2D eigenvalue weighted by molar-refractivity contribution is 0.0652. The van der Waals surface area contributed by atoms with Crippen molar-refractivity contribution in [1.82, 2.24) is 0 Å². The maximum Gasteiger partial charge on any atom is 0.337 e. The Kier molecular flexibility index (Phi) is 7.19. The third-order valence-electron chi connectivity index (χ3n) is 4.93. The van der Waals surface area contributed by atoms with Crippen LogP contribution in [0.5, 0.6) is 0 Å². The van der Waals surface area contributed by atoms with Crippen molar-refractivity contribution in [1.29, 1.82) is 0 Å². The molecule has 0 amide bonds. The summed E-state index contributed by atoms with van der Waals surface area (Å²) >= 11 is 0. The molecule has 0 spiro atoms. The summed E-state index contributed by atoms with van der Waals surface area (Å²) in [5.41, 5.74) is 1.66. The summed E-state index contributed by atoms with van der Waals surface area (Å²) in [5, 5.41) is 21.0. The summed E-state index contributed by atoms with van der Waals surface area (Å²) in [5.74, 6) is -2.31. The van der Waals surface area contributed by atoms with E-state index in [1.54, 1.807) is 12.1 Å². The summed E-state index contributed by atoms with van der Waals surface area (Å²) in [7, 11) is 0. The smallest absolute Gasteiger partial charge is 0.337 e. The van der Waals surface area contributed by atoms with Crippen LogP contribution in [-0.2, 0) is 12.8 Å². The van der Waals surface area contributed by atoms with Crippen LogP contribution >= 0.6 is 0 Å². The van der Waals surface area contributed by atoms with Crippen LogP contribution in [0.3, 0.4) is 0 Å². The molecule has 0 aliphatic rings. The molecule has 0 radical (unpaired) electrons. The largest absolute Gasteiger partial charge is 0.478 e. The fraction of sp³-hybridized carbons (Fsp3) is 0.455. The van der Waals surface area contributed by atoms with E-state index in [2.05, 4.69) is 13.8 Å². The number of benzene rings is 2. The van der Waals surface area contributed by atoms with Crippen molar-refractivity contribution in [3.63, 3.8) is 0 Å². The Morgan fingerprint density at radius 3 is 1.73 bits per heavy atom. The first-order chi connectivity index (χ1) is 12.5. The van der Waals surface area contributed by atoms with Crippen LogP contribution in [0.4, 0.5) is 0 Å². The molecule has 2 rings (SSSR count). The van der Waals surface area contributed by atoms with Crippen LogP contribution in [0.25, 0.3) is 10.8 Å². The van der Waals surface area contributed by atoms with Gasteiger partial charge in [0.1, 0.15) is 0 Å². The number of hydrogen-bond acceptors (Lipinski definition) is 2. The SMILES string of the molecule is CCCCCc1c(C(=O)O)c(C(=O)O)c2ccccc2c1CCCCC. The quantitative estimate of drug-likeness (QED) is 0.535. The van der Waals surface area contributed by atoms with E-state index in [4.69, 9.17) is 0 Å². The lowest BCUT2D eigenvalue weighted by Crippen LogP contribution is -2.15. The van der Waals surface area contributed by atoms with Gasteiger partial charge in [0.25, 0.3) is 0 Å². The maximum absolute atomic E-state index is 12.0. The second kappa shape index (κ2) is 9.37. The van der Waals surface area contributed by atoms with Gasteiger partial charge in [-0.15, -0.1) is 0 Å². The third-order valence-corrected chi connectivity index (χ3v) is 4.93. The number of carboxylic acid groups (broad SMARTS) is 2. The van der Waals surface area contributed by atoms with Crippen LogP contribution in [-0.4, -0.2) is 22.2 Å². The van der Waals surface area contributed by atoms with Crippen LogP contribution in [0.15, 0.2) is 24.3 Å². The minimum atomic E-state index is -1.17. The van der Waals surface area contributed by atoms with E-state index in [-0.39, 0.29) is 11.1 Å². The minimum Gasteiger partial charge on any atom is -0.478 e. The number of fused-ring (bicyclic) bond motifs is 1. The van der Waals surface area contributed by atoms with Crippen molar-refractivity contribution < 1.29 is 19.8 Å². The Balaban J connectivity index is 2.76. The minimum absolute atomic E-state index is 0.0150. The molecular weight excluding hydrogens is 328 g/mol. The molecule has 0 aliphatic heterocycles. The highest BCUT2D eigenvalue weighted by molar-refractivity contribution is 6.13. The van der Waals surface area contributed by atoms with Crippen LogP contribution < -0.4 is 0 Å². The van der Waals surface area contributed by atoms with E-state index in [1.807, 2.05) is 12.1 Å². The van der Waals surface area contributed by atoms with Gasteiger partial charge in [0.2, 0.25) is 0 Å². The molecule has 0 saturated heterocycles. The molecule has 2 N–H and O–H groups in total. The highest BCUT2D eigenvalue weighted by Gasteiger charge is 2.26. The molecule has 140 valence electrons. The molecule has 0 unspecified atom stereocenters. The summed E-state index contributed by atoms with van der Waals surface area (Å²) in [6.45, 7) is 4.24. The molecule has 0 aliphatic carbocycles. The molecule has 2 aromatic carbocycles. The van der Waals surface area contributed by atoms with Crippen molar-refractivity contribution in [2.24, 2.45) is 0 Å². The van der Waals surface area contributed by atoms with Crippen molar-refractivity contribution in [3.05, 3.63) is 46.5 Å². The Bertz CT molecular complexity index is 792. The van der Waals surface area contributed by atoms with Gasteiger partial charge in [-0.1, -0.05) is 63.8 Å². The van der Waals surface area contributed by atoms with E-state index < -0.39 is 11.9 Å². The highest BCUT2D eigenvalue weighted by atomic mass is 16.4. The average molecular weight is 356 g/mol. The molecule has 0 fully saturated rings. The van der Waals surface area contributed by atoms with Gasteiger partial charge in [0.15, 0.2) is 0 Å². The lowest BCUT2D eigenvalue weighted by Gasteiger charge is -2.19. The molecule has 26 heavy (non-hydrogen) atoms. The second-order valence-electron chi connectivity index (χ2n) is 6.78. The second-order valence-corrected chi connectivity index (χ2v) is 6.78. The number of aromatic carboxylic acids is 2. The zero-order chi connectivity index (χ0) is 19.1. The predicted octanol–water partition coefficient (Wildman–Crippen LogP) is 5.70. The average Bonchev–Trinajstić information content (AvgIpc) is 2.61. The standard InChI is InChI=1S/C22H28O4/c1-3-5-7-11-15-16-12-9-10-14-18(16)20(22(25)26)19(21(23)24)17(15)13-8-6-4-2/h9-10,12,14H,3-8,11,13H2,1-2H3,(H,23,24)(H,25,26). The Labute approximate surface area is 154 Å². The number of hydrogen-bond donors (Lipinski definition) is 2. The van der Waals surface area contributed by atoms with Gasteiger partial charge in [-0.2, -0.15) is 0 Å². The molecule has 0 aromatic heterocycles. The molecule has 0 bridgehead atoms. The number of rotatable bonds is 10. The van der Waals surface area contributed by atoms with Crippen molar-refractivity contribution >= 4 is 22.7 Å². The van der Waals surface area contributed by atoms with Gasteiger partial charge in [0.05, 0.1) is 11.1 Å². The molecular formula is C22H28O4. The zero-order valence-electron chi connectivity index (χ0n) is 15.7. The molecule has 4 nitrogen and oxygen atoms in total. The predicted molar refractivity (Wildman–Crippen MR) is 104 cm³/mol. The van der Waals surface area contributed by atoms with Gasteiger partial charge in [-0.3, -0.25) is 0 Å². The Hall–Kier alpha value is -2.36. The van der Waals surface area contributed by atoms with E-state index in [0.717, 1.165) is 61.5 Å². The lowest BCUT2D eigenvalue weighted by atomic mass is 9.84. The maximum atomic E-state index is 12.0. The van der Waals surface area contributed by atoms with Gasteiger partial charge in [-0.05, 0) is 47.6 Å². The normalized spacial score (nSPS) is 11.0. The third kappa shape index (κ3) is 4.24. The molecule has 0 saturated carbocycles. The molecule has 4 heteroatoms. The van der Waals surface area contributed by atoms with E-state index in [0.29, 0.717) is 11.8 Å². The summed E-state index contributed by atoms with van der Waals surface area (Å²) in [6, 6.07) is 7.32. The fourth-order valence-corrected chi connectivity index (χ4v) is 3.69. The topological polar surface area (TPSA) is 74.6 Å². The summed E-state index contributed by atoms with van der Waals surface area (Å²) in [4.78, 5) is 24.0.